The zero-order valence-corrected chi connectivity index (χ0v) is 10.4. The molecule has 2 rings (SSSR count). The van der Waals surface area contributed by atoms with Gasteiger partial charge in [-0.15, -0.1) is 0 Å². The van der Waals surface area contributed by atoms with Crippen LogP contribution >= 0.6 is 15.9 Å². The maximum Gasteiger partial charge on any atom is 0.0399 e. The molecule has 0 aliphatic heterocycles. The van der Waals surface area contributed by atoms with Crippen molar-refractivity contribution in [3.05, 3.63) is 28.2 Å². The molecule has 3 N–H and O–H groups in total. The van der Waals surface area contributed by atoms with Gasteiger partial charge in [-0.2, -0.15) is 0 Å². The molecule has 0 amide bonds. The molecule has 1 fully saturated rings. The van der Waals surface area contributed by atoms with Gasteiger partial charge in [0.1, 0.15) is 0 Å². The van der Waals surface area contributed by atoms with E-state index >= 15 is 0 Å². The van der Waals surface area contributed by atoms with Crippen LogP contribution in [-0.4, -0.2) is 6.04 Å². The Morgan fingerprint density at radius 2 is 2.07 bits per heavy atom. The second-order valence-electron chi connectivity index (χ2n) is 4.13. The van der Waals surface area contributed by atoms with Gasteiger partial charge < -0.3 is 11.1 Å². The Morgan fingerprint density at radius 1 is 1.33 bits per heavy atom. The van der Waals surface area contributed by atoms with Crippen LogP contribution in [0.2, 0.25) is 0 Å². The van der Waals surface area contributed by atoms with E-state index < -0.39 is 0 Å². The van der Waals surface area contributed by atoms with Gasteiger partial charge in [-0.3, -0.25) is 0 Å². The van der Waals surface area contributed by atoms with E-state index in [1.807, 2.05) is 6.07 Å². The summed E-state index contributed by atoms with van der Waals surface area (Å²) in [4.78, 5) is 0. The topological polar surface area (TPSA) is 38.0 Å². The largest absolute Gasteiger partial charge is 0.382 e. The molecule has 0 spiro atoms. The average molecular weight is 269 g/mol. The Balaban J connectivity index is 2.14. The molecule has 82 valence electrons. The first-order valence-electron chi connectivity index (χ1n) is 5.54. The summed E-state index contributed by atoms with van der Waals surface area (Å²) in [7, 11) is 0. The van der Waals surface area contributed by atoms with Gasteiger partial charge in [0.2, 0.25) is 0 Å². The second kappa shape index (κ2) is 4.99. The van der Waals surface area contributed by atoms with Crippen molar-refractivity contribution in [1.82, 2.24) is 0 Å². The Morgan fingerprint density at radius 3 is 2.73 bits per heavy atom. The third-order valence-electron chi connectivity index (χ3n) is 3.01. The van der Waals surface area contributed by atoms with Gasteiger partial charge in [0.25, 0.3) is 0 Å². The molecule has 1 aliphatic rings. The van der Waals surface area contributed by atoms with Crippen LogP contribution < -0.4 is 11.1 Å². The number of nitrogens with two attached hydrogens (primary N) is 1. The fourth-order valence-corrected chi connectivity index (χ4v) is 2.51. The fraction of sp³-hybridized carbons (Fsp3) is 0.500. The average Bonchev–Trinajstić information content (AvgIpc) is 2.71. The molecule has 2 nitrogen and oxygen atoms in total. The SMILES string of the molecule is NCc1ccc(Br)cc1NC1CCCC1. The Hall–Kier alpha value is -0.540. The fourth-order valence-electron chi connectivity index (χ4n) is 2.15. The standard InChI is InChI=1S/C12H17BrN2/c13-10-6-5-9(8-14)12(7-10)15-11-3-1-2-4-11/h5-7,11,15H,1-4,8,14H2. The molecule has 0 unspecified atom stereocenters. The Labute approximate surface area is 99.4 Å². The molecular formula is C12H17BrN2. The van der Waals surface area contributed by atoms with Gasteiger partial charge in [-0.05, 0) is 30.5 Å². The van der Waals surface area contributed by atoms with E-state index in [0.29, 0.717) is 12.6 Å². The molecule has 0 radical (unpaired) electrons. The summed E-state index contributed by atoms with van der Waals surface area (Å²) >= 11 is 3.49. The first-order valence-corrected chi connectivity index (χ1v) is 6.34. The third-order valence-corrected chi connectivity index (χ3v) is 3.50. The van der Waals surface area contributed by atoms with Gasteiger partial charge in [-0.25, -0.2) is 0 Å². The first kappa shape index (κ1) is 11.0. The summed E-state index contributed by atoms with van der Waals surface area (Å²) < 4.78 is 1.11. The van der Waals surface area contributed by atoms with Gasteiger partial charge in [0.15, 0.2) is 0 Å². The highest BCUT2D eigenvalue weighted by molar-refractivity contribution is 9.10. The number of rotatable bonds is 3. The molecule has 1 aromatic rings. The van der Waals surface area contributed by atoms with Gasteiger partial charge >= 0.3 is 0 Å². The lowest BCUT2D eigenvalue weighted by Crippen LogP contribution is -2.16. The van der Waals surface area contributed by atoms with Crippen LogP contribution in [0.15, 0.2) is 22.7 Å². The lowest BCUT2D eigenvalue weighted by molar-refractivity contribution is 0.753. The van der Waals surface area contributed by atoms with Crippen LogP contribution in [-0.2, 0) is 6.54 Å². The number of anilines is 1. The van der Waals surface area contributed by atoms with Crippen molar-refractivity contribution in [3.63, 3.8) is 0 Å². The molecule has 0 saturated heterocycles. The summed E-state index contributed by atoms with van der Waals surface area (Å²) in [6.07, 6.45) is 5.28. The summed E-state index contributed by atoms with van der Waals surface area (Å²) in [5.41, 5.74) is 8.11. The lowest BCUT2D eigenvalue weighted by atomic mass is 10.1. The highest BCUT2D eigenvalue weighted by Gasteiger charge is 2.15. The van der Waals surface area contributed by atoms with Crippen molar-refractivity contribution >= 4 is 21.6 Å². The van der Waals surface area contributed by atoms with E-state index in [0.717, 1.165) is 4.47 Å². The van der Waals surface area contributed by atoms with E-state index in [4.69, 9.17) is 5.73 Å². The third kappa shape index (κ3) is 2.73. The summed E-state index contributed by atoms with van der Waals surface area (Å²) in [5, 5.41) is 3.59. The molecule has 3 heteroatoms. The van der Waals surface area contributed by atoms with Crippen LogP contribution in [0.25, 0.3) is 0 Å². The van der Waals surface area contributed by atoms with E-state index in [1.54, 1.807) is 0 Å². The lowest BCUT2D eigenvalue weighted by Gasteiger charge is -2.16. The quantitative estimate of drug-likeness (QED) is 0.883. The normalized spacial score (nSPS) is 16.9. The molecule has 0 heterocycles. The molecule has 0 bridgehead atoms. The van der Waals surface area contributed by atoms with Crippen molar-refractivity contribution < 1.29 is 0 Å². The van der Waals surface area contributed by atoms with Crippen LogP contribution in [0, 0.1) is 0 Å². The Kier molecular flexibility index (Phi) is 3.65. The second-order valence-corrected chi connectivity index (χ2v) is 5.05. The summed E-state index contributed by atoms with van der Waals surface area (Å²) in [5.74, 6) is 0. The number of benzene rings is 1. The van der Waals surface area contributed by atoms with E-state index in [-0.39, 0.29) is 0 Å². The number of hydrogen-bond donors (Lipinski definition) is 2. The molecule has 0 aromatic heterocycles. The van der Waals surface area contributed by atoms with Crippen molar-refractivity contribution in [3.8, 4) is 0 Å². The predicted octanol–water partition coefficient (Wildman–Crippen LogP) is 3.26. The van der Waals surface area contributed by atoms with Crippen molar-refractivity contribution in [2.24, 2.45) is 5.73 Å². The molecule has 1 saturated carbocycles. The minimum atomic E-state index is 0.600. The van der Waals surface area contributed by atoms with E-state index in [1.165, 1.54) is 36.9 Å². The number of nitrogens with one attached hydrogen (secondary N) is 1. The Bertz CT molecular complexity index is 332. The minimum absolute atomic E-state index is 0.600. The van der Waals surface area contributed by atoms with Crippen LogP contribution in [0.1, 0.15) is 31.2 Å². The maximum atomic E-state index is 5.72. The van der Waals surface area contributed by atoms with Crippen LogP contribution in [0.5, 0.6) is 0 Å². The van der Waals surface area contributed by atoms with Crippen molar-refractivity contribution in [1.29, 1.82) is 0 Å². The first-order chi connectivity index (χ1) is 7.29. The minimum Gasteiger partial charge on any atom is -0.382 e. The van der Waals surface area contributed by atoms with Gasteiger partial charge in [0, 0.05) is 22.7 Å². The van der Waals surface area contributed by atoms with Crippen LogP contribution in [0.3, 0.4) is 0 Å². The maximum absolute atomic E-state index is 5.72. The summed E-state index contributed by atoms with van der Waals surface area (Å²) in [6.45, 7) is 0.600. The zero-order valence-electron chi connectivity index (χ0n) is 8.80. The summed E-state index contributed by atoms with van der Waals surface area (Å²) in [6, 6.07) is 6.90. The number of hydrogen-bond acceptors (Lipinski definition) is 2. The van der Waals surface area contributed by atoms with Crippen molar-refractivity contribution in [2.45, 2.75) is 38.3 Å². The van der Waals surface area contributed by atoms with E-state index in [9.17, 15) is 0 Å². The van der Waals surface area contributed by atoms with E-state index in [2.05, 4.69) is 33.4 Å². The monoisotopic (exact) mass is 268 g/mol. The van der Waals surface area contributed by atoms with Crippen LogP contribution in [0.4, 0.5) is 5.69 Å². The van der Waals surface area contributed by atoms with Gasteiger partial charge in [0.05, 0.1) is 0 Å². The highest BCUT2D eigenvalue weighted by atomic mass is 79.9. The molecule has 15 heavy (non-hydrogen) atoms. The molecule has 1 aliphatic carbocycles. The number of halogens is 1. The molecule has 0 atom stereocenters. The predicted molar refractivity (Wildman–Crippen MR) is 67.9 cm³/mol. The highest BCUT2D eigenvalue weighted by Crippen LogP contribution is 2.26. The smallest absolute Gasteiger partial charge is 0.0399 e. The van der Waals surface area contributed by atoms with Crippen molar-refractivity contribution in [2.75, 3.05) is 5.32 Å². The van der Waals surface area contributed by atoms with Gasteiger partial charge in [-0.1, -0.05) is 34.8 Å². The molecular weight excluding hydrogens is 252 g/mol. The zero-order chi connectivity index (χ0) is 10.7. The molecule has 1 aromatic carbocycles.